The zero-order valence-corrected chi connectivity index (χ0v) is 10.5. The van der Waals surface area contributed by atoms with Gasteiger partial charge in [-0.1, -0.05) is 12.1 Å². The summed E-state index contributed by atoms with van der Waals surface area (Å²) in [5.41, 5.74) is -1.21. The second-order valence-electron chi connectivity index (χ2n) is 4.76. The Kier molecular flexibility index (Phi) is 3.80. The molecule has 1 atom stereocenters. The molecule has 1 saturated heterocycles. The van der Waals surface area contributed by atoms with E-state index >= 15 is 0 Å². The lowest BCUT2D eigenvalue weighted by Crippen LogP contribution is -2.37. The van der Waals surface area contributed by atoms with Crippen LogP contribution in [0, 0.1) is 0 Å². The Hall–Kier alpha value is -1.56. The number of likely N-dealkylation sites (tertiary alicyclic amines) is 1. The number of nitrogens with zero attached hydrogens (tertiary/aromatic N) is 1. The lowest BCUT2D eigenvalue weighted by molar-refractivity contribution is -0.137. The molecule has 1 aromatic rings. The van der Waals surface area contributed by atoms with Gasteiger partial charge >= 0.3 is 6.18 Å². The van der Waals surface area contributed by atoms with Gasteiger partial charge in [0.1, 0.15) is 0 Å². The molecule has 1 aromatic carbocycles. The van der Waals surface area contributed by atoms with Crippen LogP contribution in [0.2, 0.25) is 0 Å². The van der Waals surface area contributed by atoms with Gasteiger partial charge in [0.2, 0.25) is 0 Å². The number of carbonyl (C=O) groups is 1. The van der Waals surface area contributed by atoms with E-state index in [1.165, 1.54) is 18.2 Å². The fourth-order valence-corrected chi connectivity index (χ4v) is 2.24. The average Bonchev–Trinajstić information content (AvgIpc) is 2.73. The van der Waals surface area contributed by atoms with E-state index in [0.717, 1.165) is 19.0 Å². The van der Waals surface area contributed by atoms with Gasteiger partial charge in [-0.2, -0.15) is 13.2 Å². The zero-order chi connectivity index (χ0) is 14.0. The summed E-state index contributed by atoms with van der Waals surface area (Å²) >= 11 is 0. The smallest absolute Gasteiger partial charge is 0.348 e. The Bertz CT molecular complexity index is 473. The molecule has 1 fully saturated rings. The first kappa shape index (κ1) is 13.9. The number of benzene rings is 1. The summed E-state index contributed by atoms with van der Waals surface area (Å²) in [6.07, 6.45) is -3.75. The van der Waals surface area contributed by atoms with E-state index in [1.807, 2.05) is 11.9 Å². The Morgan fingerprint density at radius 3 is 2.63 bits per heavy atom. The molecular weight excluding hydrogens is 257 g/mol. The molecule has 1 aliphatic heterocycles. The second kappa shape index (κ2) is 5.21. The van der Waals surface area contributed by atoms with Crippen molar-refractivity contribution < 1.29 is 18.0 Å². The van der Waals surface area contributed by atoms with Crippen molar-refractivity contribution in [2.45, 2.75) is 18.6 Å². The predicted molar refractivity (Wildman–Crippen MR) is 64.8 cm³/mol. The molecule has 6 heteroatoms. The minimum atomic E-state index is -4.51. The van der Waals surface area contributed by atoms with Crippen LogP contribution >= 0.6 is 0 Å². The fraction of sp³-hybridized carbons (Fsp3) is 0.462. The van der Waals surface area contributed by atoms with Crippen LogP contribution in [0.1, 0.15) is 22.3 Å². The van der Waals surface area contributed by atoms with Crippen molar-refractivity contribution in [3.05, 3.63) is 35.4 Å². The molecule has 3 nitrogen and oxygen atoms in total. The molecule has 0 aromatic heterocycles. The summed E-state index contributed by atoms with van der Waals surface area (Å²) in [4.78, 5) is 14.0. The van der Waals surface area contributed by atoms with Crippen LogP contribution in [0.15, 0.2) is 24.3 Å². The van der Waals surface area contributed by atoms with Crippen LogP contribution in [0.25, 0.3) is 0 Å². The molecular formula is C13H15F3N2O. The minimum absolute atomic E-state index is 0.0845. The number of alkyl halides is 3. The highest BCUT2D eigenvalue weighted by Gasteiger charge is 2.35. The Balaban J connectivity index is 2.15. The van der Waals surface area contributed by atoms with Gasteiger partial charge in [0, 0.05) is 12.6 Å². The highest BCUT2D eigenvalue weighted by Crippen LogP contribution is 2.31. The molecule has 1 aliphatic rings. The maximum atomic E-state index is 12.8. The molecule has 0 saturated carbocycles. The van der Waals surface area contributed by atoms with E-state index in [0.29, 0.717) is 6.54 Å². The third-order valence-electron chi connectivity index (χ3n) is 3.20. The van der Waals surface area contributed by atoms with E-state index in [-0.39, 0.29) is 11.6 Å². The van der Waals surface area contributed by atoms with Gasteiger partial charge in [0.05, 0.1) is 11.1 Å². The summed E-state index contributed by atoms with van der Waals surface area (Å²) < 4.78 is 38.4. The standard InChI is InChI=1S/C13H15F3N2O/c1-18-7-6-9(8-18)17-12(19)10-4-2-3-5-11(10)13(14,15)16/h2-5,9H,6-8H2,1H3,(H,17,19). The highest BCUT2D eigenvalue weighted by molar-refractivity contribution is 5.96. The second-order valence-corrected chi connectivity index (χ2v) is 4.76. The number of nitrogens with one attached hydrogen (secondary N) is 1. The monoisotopic (exact) mass is 272 g/mol. The summed E-state index contributed by atoms with van der Waals surface area (Å²) in [7, 11) is 1.91. The van der Waals surface area contributed by atoms with Crippen molar-refractivity contribution in [2.75, 3.05) is 20.1 Å². The molecule has 1 heterocycles. The first-order valence-electron chi connectivity index (χ1n) is 6.03. The first-order chi connectivity index (χ1) is 8.88. The van der Waals surface area contributed by atoms with Crippen LogP contribution < -0.4 is 5.32 Å². The molecule has 1 N–H and O–H groups in total. The third-order valence-corrected chi connectivity index (χ3v) is 3.20. The van der Waals surface area contributed by atoms with E-state index in [4.69, 9.17) is 0 Å². The number of hydrogen-bond acceptors (Lipinski definition) is 2. The maximum Gasteiger partial charge on any atom is 0.417 e. The van der Waals surface area contributed by atoms with Crippen molar-refractivity contribution in [3.8, 4) is 0 Å². The Morgan fingerprint density at radius 2 is 2.05 bits per heavy atom. The molecule has 1 amide bonds. The summed E-state index contributed by atoms with van der Waals surface area (Å²) in [5, 5.41) is 2.66. The maximum absolute atomic E-state index is 12.8. The Morgan fingerprint density at radius 1 is 1.37 bits per heavy atom. The van der Waals surface area contributed by atoms with Crippen molar-refractivity contribution in [3.63, 3.8) is 0 Å². The third kappa shape index (κ3) is 3.26. The topological polar surface area (TPSA) is 32.3 Å². The van der Waals surface area contributed by atoms with Gasteiger partial charge in [0.15, 0.2) is 0 Å². The predicted octanol–water partition coefficient (Wildman–Crippen LogP) is 2.14. The van der Waals surface area contributed by atoms with Crippen LogP contribution in [-0.4, -0.2) is 37.0 Å². The fourth-order valence-electron chi connectivity index (χ4n) is 2.24. The van der Waals surface area contributed by atoms with Crippen LogP contribution in [-0.2, 0) is 6.18 Å². The first-order valence-corrected chi connectivity index (χ1v) is 6.03. The normalized spacial score (nSPS) is 20.5. The van der Waals surface area contributed by atoms with E-state index in [2.05, 4.69) is 5.32 Å². The minimum Gasteiger partial charge on any atom is -0.348 e. The quantitative estimate of drug-likeness (QED) is 0.894. The molecule has 1 unspecified atom stereocenters. The SMILES string of the molecule is CN1CCC(NC(=O)c2ccccc2C(F)(F)F)C1. The van der Waals surface area contributed by atoms with E-state index in [9.17, 15) is 18.0 Å². The van der Waals surface area contributed by atoms with Crippen molar-refractivity contribution >= 4 is 5.91 Å². The van der Waals surface area contributed by atoms with Crippen LogP contribution in [0.5, 0.6) is 0 Å². The summed E-state index contributed by atoms with van der Waals surface area (Å²) in [5.74, 6) is -0.659. The van der Waals surface area contributed by atoms with Crippen LogP contribution in [0.3, 0.4) is 0 Å². The summed E-state index contributed by atoms with van der Waals surface area (Å²) in [6, 6.07) is 4.76. The lowest BCUT2D eigenvalue weighted by atomic mass is 10.1. The van der Waals surface area contributed by atoms with Crippen LogP contribution in [0.4, 0.5) is 13.2 Å². The molecule has 2 rings (SSSR count). The molecule has 0 bridgehead atoms. The molecule has 104 valence electrons. The number of likely N-dealkylation sites (N-methyl/N-ethyl adjacent to an activating group) is 1. The van der Waals surface area contributed by atoms with Gasteiger partial charge in [-0.05, 0) is 32.1 Å². The van der Waals surface area contributed by atoms with Crippen molar-refractivity contribution in [2.24, 2.45) is 0 Å². The molecule has 0 spiro atoms. The van der Waals surface area contributed by atoms with E-state index < -0.39 is 17.6 Å². The van der Waals surface area contributed by atoms with Gasteiger partial charge in [-0.25, -0.2) is 0 Å². The average molecular weight is 272 g/mol. The highest BCUT2D eigenvalue weighted by atomic mass is 19.4. The molecule has 19 heavy (non-hydrogen) atoms. The van der Waals surface area contributed by atoms with E-state index in [1.54, 1.807) is 0 Å². The molecule has 0 aliphatic carbocycles. The zero-order valence-electron chi connectivity index (χ0n) is 10.5. The van der Waals surface area contributed by atoms with Crippen molar-refractivity contribution in [1.29, 1.82) is 0 Å². The summed E-state index contributed by atoms with van der Waals surface area (Å²) in [6.45, 7) is 1.51. The number of rotatable bonds is 2. The number of carbonyl (C=O) groups excluding carboxylic acids is 1. The number of halogens is 3. The number of hydrogen-bond donors (Lipinski definition) is 1. The van der Waals surface area contributed by atoms with Gasteiger partial charge in [-0.3, -0.25) is 4.79 Å². The van der Waals surface area contributed by atoms with Crippen molar-refractivity contribution in [1.82, 2.24) is 10.2 Å². The van der Waals surface area contributed by atoms with Gasteiger partial charge < -0.3 is 10.2 Å². The lowest BCUT2D eigenvalue weighted by Gasteiger charge is -2.16. The molecule has 0 radical (unpaired) electrons. The number of amides is 1. The van der Waals surface area contributed by atoms with Gasteiger partial charge in [0.25, 0.3) is 5.91 Å². The largest absolute Gasteiger partial charge is 0.417 e. The van der Waals surface area contributed by atoms with Gasteiger partial charge in [-0.15, -0.1) is 0 Å². The Labute approximate surface area is 109 Å².